The third-order valence-corrected chi connectivity index (χ3v) is 15.3. The first-order valence-corrected chi connectivity index (χ1v) is 35.2. The van der Waals surface area contributed by atoms with Crippen LogP contribution in [0.15, 0.2) is 97.2 Å². The zero-order valence-electron chi connectivity index (χ0n) is 54.2. The summed E-state index contributed by atoms with van der Waals surface area (Å²) in [6.07, 6.45) is 94.3. The second-order valence-corrected chi connectivity index (χ2v) is 23.4. The Bertz CT molecular complexity index is 1590. The Morgan fingerprint density at radius 2 is 0.476 bits per heavy atom. The van der Waals surface area contributed by atoms with Crippen molar-refractivity contribution in [3.8, 4) is 0 Å². The number of unbranched alkanes of at least 4 members (excludes halogenated alkanes) is 37. The summed E-state index contributed by atoms with van der Waals surface area (Å²) in [6.45, 7) is 6.45. The molecular formula is C76H132O6. The van der Waals surface area contributed by atoms with Crippen LogP contribution in [0.5, 0.6) is 0 Å². The van der Waals surface area contributed by atoms with E-state index in [1.54, 1.807) is 0 Å². The maximum Gasteiger partial charge on any atom is 0.306 e. The van der Waals surface area contributed by atoms with Gasteiger partial charge in [0, 0.05) is 19.3 Å². The number of hydrogen-bond acceptors (Lipinski definition) is 6. The predicted octanol–water partition coefficient (Wildman–Crippen LogP) is 24.4. The monoisotopic (exact) mass is 1140 g/mol. The summed E-state index contributed by atoms with van der Waals surface area (Å²) >= 11 is 0. The Labute approximate surface area is 508 Å². The summed E-state index contributed by atoms with van der Waals surface area (Å²) in [5.41, 5.74) is 0. The fraction of sp³-hybridized carbons (Fsp3) is 0.750. The summed E-state index contributed by atoms with van der Waals surface area (Å²) in [6, 6.07) is 0. The van der Waals surface area contributed by atoms with Crippen LogP contribution < -0.4 is 0 Å². The Hall–Kier alpha value is -3.67. The molecular weight excluding hydrogens is 1010 g/mol. The van der Waals surface area contributed by atoms with Crippen molar-refractivity contribution < 1.29 is 28.6 Å². The van der Waals surface area contributed by atoms with Crippen molar-refractivity contribution in [3.05, 3.63) is 97.2 Å². The lowest BCUT2D eigenvalue weighted by atomic mass is 10.0. The van der Waals surface area contributed by atoms with Crippen LogP contribution in [-0.2, 0) is 28.6 Å². The second-order valence-electron chi connectivity index (χ2n) is 23.4. The van der Waals surface area contributed by atoms with Gasteiger partial charge in [-0.25, -0.2) is 0 Å². The van der Waals surface area contributed by atoms with Gasteiger partial charge in [0.2, 0.25) is 0 Å². The van der Waals surface area contributed by atoms with Crippen molar-refractivity contribution in [2.45, 2.75) is 354 Å². The molecule has 0 aliphatic heterocycles. The molecule has 6 nitrogen and oxygen atoms in total. The third kappa shape index (κ3) is 67.1. The average molecular weight is 1140 g/mol. The van der Waals surface area contributed by atoms with Crippen LogP contribution in [0.1, 0.15) is 348 Å². The topological polar surface area (TPSA) is 78.9 Å². The quantitative estimate of drug-likeness (QED) is 0.0261. The van der Waals surface area contributed by atoms with Crippen LogP contribution in [0.3, 0.4) is 0 Å². The number of carbonyl (C=O) groups is 3. The van der Waals surface area contributed by atoms with Crippen LogP contribution in [0.4, 0.5) is 0 Å². The molecule has 0 heterocycles. The van der Waals surface area contributed by atoms with E-state index in [1.165, 1.54) is 199 Å². The molecule has 0 radical (unpaired) electrons. The van der Waals surface area contributed by atoms with E-state index < -0.39 is 6.10 Å². The summed E-state index contributed by atoms with van der Waals surface area (Å²) in [5.74, 6) is -0.877. The largest absolute Gasteiger partial charge is 0.462 e. The lowest BCUT2D eigenvalue weighted by Gasteiger charge is -2.18. The van der Waals surface area contributed by atoms with Crippen LogP contribution in [0.2, 0.25) is 0 Å². The first kappa shape index (κ1) is 78.3. The Morgan fingerprint density at radius 1 is 0.256 bits per heavy atom. The van der Waals surface area contributed by atoms with Gasteiger partial charge in [-0.15, -0.1) is 0 Å². The van der Waals surface area contributed by atoms with Crippen LogP contribution in [0, 0.1) is 0 Å². The van der Waals surface area contributed by atoms with Crippen molar-refractivity contribution in [1.82, 2.24) is 0 Å². The Morgan fingerprint density at radius 3 is 0.756 bits per heavy atom. The van der Waals surface area contributed by atoms with Gasteiger partial charge in [0.1, 0.15) is 13.2 Å². The fourth-order valence-corrected chi connectivity index (χ4v) is 10.1. The van der Waals surface area contributed by atoms with Gasteiger partial charge in [-0.3, -0.25) is 14.4 Å². The van der Waals surface area contributed by atoms with Crippen molar-refractivity contribution in [2.75, 3.05) is 13.2 Å². The molecule has 0 bridgehead atoms. The second kappa shape index (κ2) is 69.8. The zero-order chi connectivity index (χ0) is 59.2. The minimum atomic E-state index is -0.785. The Balaban J connectivity index is 4.28. The highest BCUT2D eigenvalue weighted by molar-refractivity contribution is 5.71. The standard InChI is InChI=1S/C76H132O6/c1-4-7-10-13-16-19-22-25-28-31-33-34-35-36-37-38-39-40-41-42-43-46-48-51-54-57-60-63-66-69-75(78)81-72-73(71-80-74(77)68-65-62-59-56-53-50-47-44-30-27-24-21-18-15-12-9-6-3)82-76(79)70-67-64-61-58-55-52-49-45-32-29-26-23-20-17-14-11-8-5-2/h7,9-10,12,16,18-19,21,25,27-30,32-34,73H,4-6,8,11,13-15,17,20,22-24,26,31,35-72H2,1-3H3/b10-7-,12-9-,19-16-,21-18-,28-25-,30-27-,32-29-,34-33-. The first-order chi connectivity index (χ1) is 40.5. The van der Waals surface area contributed by atoms with E-state index in [0.717, 1.165) is 109 Å². The van der Waals surface area contributed by atoms with E-state index in [-0.39, 0.29) is 31.1 Å². The molecule has 472 valence electrons. The molecule has 82 heavy (non-hydrogen) atoms. The number of carbonyl (C=O) groups excluding carboxylic acids is 3. The molecule has 0 N–H and O–H groups in total. The molecule has 0 aromatic carbocycles. The van der Waals surface area contributed by atoms with Gasteiger partial charge in [-0.2, -0.15) is 0 Å². The maximum absolute atomic E-state index is 13.0. The number of allylic oxidation sites excluding steroid dienone is 16. The van der Waals surface area contributed by atoms with E-state index in [4.69, 9.17) is 14.2 Å². The van der Waals surface area contributed by atoms with E-state index >= 15 is 0 Å². The highest BCUT2D eigenvalue weighted by atomic mass is 16.6. The molecule has 0 amide bonds. The van der Waals surface area contributed by atoms with Crippen LogP contribution in [0.25, 0.3) is 0 Å². The smallest absolute Gasteiger partial charge is 0.306 e. The SMILES string of the molecule is CC/C=C\C/C=C\C/C=C\C/C=C\CCCCCCCCCCCCCCCCCCC(=O)OCC(COC(=O)CCCCCCCCC/C=C\C/C=C\C/C=C\CC)OC(=O)CCCCCCCCC/C=C\CCCCCCCCC. The number of ether oxygens (including phenoxy) is 3. The Kier molecular flexibility index (Phi) is 66.7. The molecule has 0 saturated heterocycles. The molecule has 0 aliphatic carbocycles. The lowest BCUT2D eigenvalue weighted by Crippen LogP contribution is -2.30. The van der Waals surface area contributed by atoms with Gasteiger partial charge in [-0.05, 0) is 116 Å². The van der Waals surface area contributed by atoms with Gasteiger partial charge >= 0.3 is 17.9 Å². The lowest BCUT2D eigenvalue weighted by molar-refractivity contribution is -0.167. The molecule has 6 heteroatoms. The summed E-state index contributed by atoms with van der Waals surface area (Å²) in [7, 11) is 0. The zero-order valence-corrected chi connectivity index (χ0v) is 54.2. The molecule has 0 spiro atoms. The highest BCUT2D eigenvalue weighted by Gasteiger charge is 2.19. The minimum Gasteiger partial charge on any atom is -0.462 e. The van der Waals surface area contributed by atoms with Crippen molar-refractivity contribution in [2.24, 2.45) is 0 Å². The van der Waals surface area contributed by atoms with Gasteiger partial charge in [0.15, 0.2) is 6.10 Å². The average Bonchev–Trinajstić information content (AvgIpc) is 3.47. The first-order valence-electron chi connectivity index (χ1n) is 35.2. The molecule has 0 rings (SSSR count). The molecule has 0 aromatic rings. The third-order valence-electron chi connectivity index (χ3n) is 15.3. The van der Waals surface area contributed by atoms with Gasteiger partial charge in [0.25, 0.3) is 0 Å². The normalized spacial score (nSPS) is 12.7. The van der Waals surface area contributed by atoms with E-state index in [9.17, 15) is 14.4 Å². The molecule has 1 atom stereocenters. The molecule has 0 fully saturated rings. The highest BCUT2D eigenvalue weighted by Crippen LogP contribution is 2.17. The number of esters is 3. The van der Waals surface area contributed by atoms with Crippen molar-refractivity contribution in [3.63, 3.8) is 0 Å². The molecule has 1 unspecified atom stereocenters. The van der Waals surface area contributed by atoms with Gasteiger partial charge < -0.3 is 14.2 Å². The number of hydrogen-bond donors (Lipinski definition) is 0. The maximum atomic E-state index is 13.0. The minimum absolute atomic E-state index is 0.0797. The van der Waals surface area contributed by atoms with E-state index in [2.05, 4.69) is 118 Å². The summed E-state index contributed by atoms with van der Waals surface area (Å²) in [4.78, 5) is 38.5. The predicted molar refractivity (Wildman–Crippen MR) is 357 cm³/mol. The molecule has 0 aliphatic rings. The number of rotatable bonds is 64. The molecule has 0 aromatic heterocycles. The van der Waals surface area contributed by atoms with E-state index in [1.807, 2.05) is 0 Å². The van der Waals surface area contributed by atoms with Gasteiger partial charge in [-0.1, -0.05) is 311 Å². The van der Waals surface area contributed by atoms with Gasteiger partial charge in [0.05, 0.1) is 0 Å². The van der Waals surface area contributed by atoms with Crippen LogP contribution in [-0.4, -0.2) is 37.2 Å². The van der Waals surface area contributed by atoms with E-state index in [0.29, 0.717) is 19.3 Å². The molecule has 0 saturated carbocycles. The van der Waals surface area contributed by atoms with Crippen molar-refractivity contribution in [1.29, 1.82) is 0 Å². The van der Waals surface area contributed by atoms with Crippen molar-refractivity contribution >= 4 is 17.9 Å². The summed E-state index contributed by atoms with van der Waals surface area (Å²) < 4.78 is 17.0. The summed E-state index contributed by atoms with van der Waals surface area (Å²) in [5, 5.41) is 0. The van der Waals surface area contributed by atoms with Crippen LogP contribution >= 0.6 is 0 Å². The fourth-order valence-electron chi connectivity index (χ4n) is 10.1.